The van der Waals surface area contributed by atoms with Crippen molar-refractivity contribution in [2.24, 2.45) is 5.10 Å². The zero-order valence-corrected chi connectivity index (χ0v) is 17.0. The standard InChI is InChI=1S/C23H19ClN4O2/c1-15-20(18-8-2-3-10-21(18)26-15)13-25-27-22(29)19-9-5-11-28(23(19)30)14-16-6-4-7-17(24)12-16/h2-13,26H,14H2,1H3,(H,27,29)/b25-13-. The van der Waals surface area contributed by atoms with Crippen LogP contribution in [0.2, 0.25) is 5.02 Å². The number of carbonyl (C=O) groups is 1. The minimum absolute atomic E-state index is 0.0207. The molecule has 2 aromatic carbocycles. The van der Waals surface area contributed by atoms with Gasteiger partial charge in [0.2, 0.25) is 0 Å². The van der Waals surface area contributed by atoms with Gasteiger partial charge in [0.05, 0.1) is 12.8 Å². The number of aromatic amines is 1. The van der Waals surface area contributed by atoms with Crippen molar-refractivity contribution < 1.29 is 4.79 Å². The van der Waals surface area contributed by atoms with Gasteiger partial charge in [-0.25, -0.2) is 5.43 Å². The van der Waals surface area contributed by atoms with Crippen molar-refractivity contribution in [1.29, 1.82) is 0 Å². The normalized spacial score (nSPS) is 11.3. The SMILES string of the molecule is Cc1[nH]c2ccccc2c1/C=N\NC(=O)c1cccn(Cc2cccc(Cl)c2)c1=O. The zero-order chi connectivity index (χ0) is 21.1. The van der Waals surface area contributed by atoms with Crippen LogP contribution in [0.3, 0.4) is 0 Å². The summed E-state index contributed by atoms with van der Waals surface area (Å²) in [5.74, 6) is -0.561. The van der Waals surface area contributed by atoms with Crippen LogP contribution >= 0.6 is 11.6 Å². The predicted molar refractivity (Wildman–Crippen MR) is 119 cm³/mol. The summed E-state index contributed by atoms with van der Waals surface area (Å²) in [6, 6.07) is 18.2. The molecule has 7 heteroatoms. The number of pyridine rings is 1. The topological polar surface area (TPSA) is 79.2 Å². The van der Waals surface area contributed by atoms with E-state index in [1.165, 1.54) is 10.6 Å². The van der Waals surface area contributed by atoms with E-state index in [0.29, 0.717) is 11.6 Å². The van der Waals surface area contributed by atoms with Gasteiger partial charge in [0.25, 0.3) is 11.5 Å². The fourth-order valence-electron chi connectivity index (χ4n) is 3.35. The van der Waals surface area contributed by atoms with Gasteiger partial charge in [-0.2, -0.15) is 5.10 Å². The van der Waals surface area contributed by atoms with Gasteiger partial charge in [-0.1, -0.05) is 41.9 Å². The Balaban J connectivity index is 1.53. The third-order valence-corrected chi connectivity index (χ3v) is 5.04. The number of amides is 1. The Labute approximate surface area is 177 Å². The summed E-state index contributed by atoms with van der Waals surface area (Å²) in [6.45, 7) is 2.26. The van der Waals surface area contributed by atoms with Gasteiger partial charge in [0, 0.05) is 33.4 Å². The van der Waals surface area contributed by atoms with E-state index in [4.69, 9.17) is 11.6 Å². The molecule has 150 valence electrons. The third-order valence-electron chi connectivity index (χ3n) is 4.81. The summed E-state index contributed by atoms with van der Waals surface area (Å²) in [5.41, 5.74) is 5.77. The van der Waals surface area contributed by atoms with Crippen molar-refractivity contribution in [2.45, 2.75) is 13.5 Å². The highest BCUT2D eigenvalue weighted by Gasteiger charge is 2.12. The molecule has 2 N–H and O–H groups in total. The molecule has 0 saturated heterocycles. The van der Waals surface area contributed by atoms with Crippen molar-refractivity contribution in [1.82, 2.24) is 15.0 Å². The van der Waals surface area contributed by atoms with Gasteiger partial charge in [-0.05, 0) is 42.8 Å². The number of aromatic nitrogens is 2. The molecule has 4 rings (SSSR count). The Kier molecular flexibility index (Phi) is 5.50. The second kappa shape index (κ2) is 8.39. The van der Waals surface area contributed by atoms with Crippen molar-refractivity contribution >= 4 is 34.6 Å². The summed E-state index contributed by atoms with van der Waals surface area (Å²) >= 11 is 6.01. The maximum absolute atomic E-state index is 12.7. The van der Waals surface area contributed by atoms with Gasteiger partial charge >= 0.3 is 0 Å². The summed E-state index contributed by atoms with van der Waals surface area (Å²) < 4.78 is 1.47. The first-order chi connectivity index (χ1) is 14.5. The van der Waals surface area contributed by atoms with E-state index < -0.39 is 11.5 Å². The van der Waals surface area contributed by atoms with Crippen LogP contribution in [0.15, 0.2) is 76.8 Å². The molecule has 0 saturated carbocycles. The number of carbonyl (C=O) groups excluding carboxylic acids is 1. The van der Waals surface area contributed by atoms with Crippen LogP contribution in [0.25, 0.3) is 10.9 Å². The van der Waals surface area contributed by atoms with Crippen LogP contribution in [0.4, 0.5) is 0 Å². The lowest BCUT2D eigenvalue weighted by atomic mass is 10.1. The fraction of sp³-hybridized carbons (Fsp3) is 0.0870. The number of hydrazone groups is 1. The summed E-state index contributed by atoms with van der Waals surface area (Å²) in [6.07, 6.45) is 3.22. The molecule has 0 aliphatic rings. The van der Waals surface area contributed by atoms with Crippen LogP contribution in [0.1, 0.15) is 27.2 Å². The van der Waals surface area contributed by atoms with E-state index in [9.17, 15) is 9.59 Å². The number of nitrogens with one attached hydrogen (secondary N) is 2. The van der Waals surface area contributed by atoms with Gasteiger partial charge in [0.15, 0.2) is 0 Å². The number of hydrogen-bond acceptors (Lipinski definition) is 3. The van der Waals surface area contributed by atoms with E-state index in [1.807, 2.05) is 43.3 Å². The molecular formula is C23H19ClN4O2. The molecule has 2 heterocycles. The van der Waals surface area contributed by atoms with Crippen molar-refractivity contribution in [3.05, 3.63) is 105 Å². The molecule has 0 bridgehead atoms. The number of H-pyrrole nitrogens is 1. The Morgan fingerprint density at radius 3 is 2.83 bits per heavy atom. The molecular weight excluding hydrogens is 400 g/mol. The molecule has 0 fully saturated rings. The van der Waals surface area contributed by atoms with E-state index in [2.05, 4.69) is 15.5 Å². The highest BCUT2D eigenvalue weighted by Crippen LogP contribution is 2.19. The molecule has 0 aliphatic carbocycles. The van der Waals surface area contributed by atoms with Crippen LogP contribution in [0.5, 0.6) is 0 Å². The first-order valence-corrected chi connectivity index (χ1v) is 9.75. The van der Waals surface area contributed by atoms with Crippen molar-refractivity contribution in [3.8, 4) is 0 Å². The summed E-state index contributed by atoms with van der Waals surface area (Å²) in [7, 11) is 0. The average molecular weight is 419 g/mol. The number of rotatable bonds is 5. The lowest BCUT2D eigenvalue weighted by Crippen LogP contribution is -2.30. The lowest BCUT2D eigenvalue weighted by Gasteiger charge is -2.08. The molecule has 0 unspecified atom stereocenters. The summed E-state index contributed by atoms with van der Waals surface area (Å²) in [4.78, 5) is 28.5. The molecule has 0 aliphatic heterocycles. The van der Waals surface area contributed by atoms with Gasteiger partial charge in [-0.15, -0.1) is 0 Å². The number of aryl methyl sites for hydroxylation is 1. The van der Waals surface area contributed by atoms with E-state index >= 15 is 0 Å². The first-order valence-electron chi connectivity index (χ1n) is 9.37. The molecule has 0 atom stereocenters. The minimum Gasteiger partial charge on any atom is -0.358 e. The first kappa shape index (κ1) is 19.7. The molecule has 0 spiro atoms. The van der Waals surface area contributed by atoms with Gasteiger partial charge in [0.1, 0.15) is 5.56 Å². The van der Waals surface area contributed by atoms with E-state index in [-0.39, 0.29) is 5.56 Å². The highest BCUT2D eigenvalue weighted by atomic mass is 35.5. The second-order valence-electron chi connectivity index (χ2n) is 6.89. The number of hydrogen-bond donors (Lipinski definition) is 2. The molecule has 0 radical (unpaired) electrons. The second-order valence-corrected chi connectivity index (χ2v) is 7.33. The number of fused-ring (bicyclic) bond motifs is 1. The van der Waals surface area contributed by atoms with Crippen LogP contribution in [-0.4, -0.2) is 21.7 Å². The van der Waals surface area contributed by atoms with Gasteiger partial charge < -0.3 is 9.55 Å². The molecule has 6 nitrogen and oxygen atoms in total. The molecule has 2 aromatic heterocycles. The fourth-order valence-corrected chi connectivity index (χ4v) is 3.56. The van der Waals surface area contributed by atoms with Crippen LogP contribution in [0, 0.1) is 6.92 Å². The number of para-hydroxylation sites is 1. The molecule has 4 aromatic rings. The number of benzene rings is 2. The Morgan fingerprint density at radius 2 is 2.00 bits per heavy atom. The molecule has 30 heavy (non-hydrogen) atoms. The third kappa shape index (κ3) is 4.04. The highest BCUT2D eigenvalue weighted by molar-refractivity contribution is 6.30. The quantitative estimate of drug-likeness (QED) is 0.378. The Hall–Kier alpha value is -3.64. The lowest BCUT2D eigenvalue weighted by molar-refractivity contribution is 0.0953. The van der Waals surface area contributed by atoms with Crippen molar-refractivity contribution in [3.63, 3.8) is 0 Å². The monoisotopic (exact) mass is 418 g/mol. The van der Waals surface area contributed by atoms with E-state index in [0.717, 1.165) is 27.7 Å². The van der Waals surface area contributed by atoms with Crippen LogP contribution in [-0.2, 0) is 6.54 Å². The zero-order valence-electron chi connectivity index (χ0n) is 16.2. The Morgan fingerprint density at radius 1 is 1.17 bits per heavy atom. The average Bonchev–Trinajstić information content (AvgIpc) is 3.05. The predicted octanol–water partition coefficient (Wildman–Crippen LogP) is 4.10. The minimum atomic E-state index is -0.561. The van der Waals surface area contributed by atoms with Crippen LogP contribution < -0.4 is 11.0 Å². The Bertz CT molecular complexity index is 1320. The molecule has 1 amide bonds. The number of nitrogens with zero attached hydrogens (tertiary/aromatic N) is 2. The number of halogens is 1. The van der Waals surface area contributed by atoms with Crippen molar-refractivity contribution in [2.75, 3.05) is 0 Å². The maximum Gasteiger partial charge on any atom is 0.276 e. The maximum atomic E-state index is 12.7. The largest absolute Gasteiger partial charge is 0.358 e. The summed E-state index contributed by atoms with van der Waals surface area (Å²) in [5, 5.41) is 5.66. The van der Waals surface area contributed by atoms with Gasteiger partial charge in [-0.3, -0.25) is 9.59 Å². The smallest absolute Gasteiger partial charge is 0.276 e. The van der Waals surface area contributed by atoms with E-state index in [1.54, 1.807) is 30.6 Å².